The van der Waals surface area contributed by atoms with Gasteiger partial charge in [0.2, 0.25) is 17.7 Å². The SMILES string of the molecule is COc1nc(-c2cccc(-c3cccc(-c4cc5nc(CNC[C@H]6CCC(=O)N6)cc(=O)n5n4C)c3Cl)c2Cl)ccc1CNC[C@H]1CCC(=O)N1. The first-order chi connectivity index (χ1) is 24.7. The molecule has 51 heavy (non-hydrogen) atoms. The highest BCUT2D eigenvalue weighted by atomic mass is 35.5. The number of hydrogen-bond donors (Lipinski definition) is 4. The monoisotopic (exact) mass is 728 g/mol. The van der Waals surface area contributed by atoms with Crippen molar-refractivity contribution in [3.63, 3.8) is 0 Å². The van der Waals surface area contributed by atoms with Gasteiger partial charge < -0.3 is 26.0 Å². The first-order valence-corrected chi connectivity index (χ1v) is 17.7. The summed E-state index contributed by atoms with van der Waals surface area (Å²) in [7, 11) is 3.39. The Morgan fingerprint density at radius 3 is 2.04 bits per heavy atom. The lowest BCUT2D eigenvalue weighted by molar-refractivity contribution is -0.120. The first-order valence-electron chi connectivity index (χ1n) is 16.9. The van der Waals surface area contributed by atoms with Crippen LogP contribution in [0.15, 0.2) is 65.5 Å². The maximum atomic E-state index is 13.2. The third-order valence-corrected chi connectivity index (χ3v) is 10.2. The summed E-state index contributed by atoms with van der Waals surface area (Å²) in [5, 5.41) is 13.6. The molecule has 2 atom stereocenters. The van der Waals surface area contributed by atoms with Gasteiger partial charge in [0.05, 0.1) is 34.2 Å². The van der Waals surface area contributed by atoms with Gasteiger partial charge >= 0.3 is 0 Å². The zero-order valence-corrected chi connectivity index (χ0v) is 29.8. The summed E-state index contributed by atoms with van der Waals surface area (Å²) in [5.41, 5.74) is 6.03. The molecule has 2 aromatic carbocycles. The van der Waals surface area contributed by atoms with Gasteiger partial charge in [-0.3, -0.25) is 19.1 Å². The molecule has 5 heterocycles. The Morgan fingerprint density at radius 2 is 1.41 bits per heavy atom. The minimum atomic E-state index is -0.213. The van der Waals surface area contributed by atoms with Crippen molar-refractivity contribution < 1.29 is 14.3 Å². The van der Waals surface area contributed by atoms with Gasteiger partial charge in [0.25, 0.3) is 5.56 Å². The number of pyridine rings is 1. The van der Waals surface area contributed by atoms with E-state index in [0.29, 0.717) is 83.2 Å². The van der Waals surface area contributed by atoms with E-state index in [1.54, 1.807) is 18.8 Å². The van der Waals surface area contributed by atoms with Crippen molar-refractivity contribution in [1.29, 1.82) is 0 Å². The van der Waals surface area contributed by atoms with Gasteiger partial charge in [-0.15, -0.1) is 0 Å². The number of rotatable bonds is 12. The van der Waals surface area contributed by atoms with Crippen LogP contribution in [0.1, 0.15) is 36.9 Å². The van der Waals surface area contributed by atoms with E-state index >= 15 is 0 Å². The summed E-state index contributed by atoms with van der Waals surface area (Å²) in [4.78, 5) is 45.8. The van der Waals surface area contributed by atoms with Crippen LogP contribution in [-0.4, -0.2) is 63.3 Å². The minimum Gasteiger partial charge on any atom is -0.481 e. The smallest absolute Gasteiger partial charge is 0.273 e. The van der Waals surface area contributed by atoms with E-state index in [9.17, 15) is 14.4 Å². The molecule has 0 saturated carbocycles. The topological polar surface area (TPSA) is 144 Å². The molecule has 0 bridgehead atoms. The van der Waals surface area contributed by atoms with Crippen LogP contribution in [0.4, 0.5) is 0 Å². The Hall–Kier alpha value is -4.75. The molecule has 7 rings (SSSR count). The van der Waals surface area contributed by atoms with Crippen molar-refractivity contribution in [2.45, 2.75) is 50.9 Å². The second-order valence-corrected chi connectivity index (χ2v) is 13.6. The molecule has 4 N–H and O–H groups in total. The van der Waals surface area contributed by atoms with Crippen molar-refractivity contribution in [3.8, 4) is 39.5 Å². The molecule has 0 spiro atoms. The fraction of sp³-hybridized carbons (Fsp3) is 0.324. The van der Waals surface area contributed by atoms with Crippen LogP contribution in [0.2, 0.25) is 10.0 Å². The van der Waals surface area contributed by atoms with Crippen molar-refractivity contribution in [2.75, 3.05) is 20.2 Å². The van der Waals surface area contributed by atoms with Gasteiger partial charge in [-0.25, -0.2) is 9.97 Å². The number of ether oxygens (including phenoxy) is 1. The van der Waals surface area contributed by atoms with Crippen molar-refractivity contribution >= 4 is 40.7 Å². The normalized spacial score (nSPS) is 17.3. The molecule has 0 unspecified atom stereocenters. The lowest BCUT2D eigenvalue weighted by Gasteiger charge is -2.16. The maximum Gasteiger partial charge on any atom is 0.273 e. The molecular weight excluding hydrogens is 691 g/mol. The fourth-order valence-corrected chi connectivity index (χ4v) is 7.48. The van der Waals surface area contributed by atoms with Crippen LogP contribution >= 0.6 is 23.2 Å². The number of methoxy groups -OCH3 is 1. The van der Waals surface area contributed by atoms with E-state index in [4.69, 9.17) is 37.9 Å². The number of nitrogens with one attached hydrogen (secondary N) is 4. The van der Waals surface area contributed by atoms with Gasteiger partial charge in [-0.1, -0.05) is 65.7 Å². The van der Waals surface area contributed by atoms with Gasteiger partial charge in [-0.05, 0) is 18.9 Å². The van der Waals surface area contributed by atoms with Crippen molar-refractivity contribution in [3.05, 3.63) is 92.3 Å². The first kappa shape index (κ1) is 34.7. The number of aromatic nitrogens is 4. The Kier molecular flexibility index (Phi) is 10.1. The standard InChI is InChI=1S/C37H38Cl2N8O4/c1-46-30(16-31-42-24(15-34(50)47(31)46)20-41-19-23-11-14-33(49)44-23)28-8-4-6-26(36(28)39)25-5-3-7-27(35(25)38)29-12-9-21(37(45-29)51-2)17-40-18-22-10-13-32(48)43-22/h3-9,12,15-16,22-23,40-41H,10-11,13-14,17-20H2,1-2H3,(H,43,48)(H,44,49)/t22-,23-/m1/s1. The van der Waals surface area contributed by atoms with E-state index in [1.807, 2.05) is 54.6 Å². The average molecular weight is 730 g/mol. The quantitative estimate of drug-likeness (QED) is 0.147. The van der Waals surface area contributed by atoms with E-state index in [0.717, 1.165) is 35.1 Å². The fourth-order valence-electron chi connectivity index (χ4n) is 6.83. The summed E-state index contributed by atoms with van der Waals surface area (Å²) < 4.78 is 8.90. The molecule has 12 nitrogen and oxygen atoms in total. The molecule has 0 aliphatic carbocycles. The average Bonchev–Trinajstić information content (AvgIpc) is 3.83. The molecule has 2 aliphatic heterocycles. The molecule has 2 aliphatic rings. The van der Waals surface area contributed by atoms with Crippen LogP contribution in [0.3, 0.4) is 0 Å². The highest BCUT2D eigenvalue weighted by molar-refractivity contribution is 6.39. The maximum absolute atomic E-state index is 13.2. The number of amides is 2. The summed E-state index contributed by atoms with van der Waals surface area (Å²) in [6.07, 6.45) is 2.72. The van der Waals surface area contributed by atoms with Gasteiger partial charge in [-0.2, -0.15) is 4.52 Å². The summed E-state index contributed by atoms with van der Waals surface area (Å²) in [6.45, 7) is 2.20. The van der Waals surface area contributed by atoms with Crippen LogP contribution < -0.4 is 31.6 Å². The van der Waals surface area contributed by atoms with Crippen molar-refractivity contribution in [2.24, 2.45) is 7.05 Å². The Bertz CT molecular complexity index is 2200. The summed E-state index contributed by atoms with van der Waals surface area (Å²) >= 11 is 14.2. The minimum absolute atomic E-state index is 0.0650. The lowest BCUT2D eigenvalue weighted by Crippen LogP contribution is -2.35. The Balaban J connectivity index is 1.13. The number of halogens is 2. The number of carbonyl (C=O) groups excluding carboxylic acids is 2. The number of fused-ring (bicyclic) bond motifs is 1. The second kappa shape index (κ2) is 14.8. The summed E-state index contributed by atoms with van der Waals surface area (Å²) in [6, 6.07) is 18.9. The van der Waals surface area contributed by atoms with E-state index in [1.165, 1.54) is 10.6 Å². The second-order valence-electron chi connectivity index (χ2n) is 12.9. The molecule has 0 radical (unpaired) electrons. The summed E-state index contributed by atoms with van der Waals surface area (Å²) in [5.74, 6) is 0.639. The van der Waals surface area contributed by atoms with Crippen LogP contribution in [0, 0.1) is 0 Å². The van der Waals surface area contributed by atoms with E-state index in [2.05, 4.69) is 21.3 Å². The van der Waals surface area contributed by atoms with Crippen LogP contribution in [0.5, 0.6) is 5.88 Å². The van der Waals surface area contributed by atoms with E-state index < -0.39 is 0 Å². The molecule has 2 saturated heterocycles. The van der Waals surface area contributed by atoms with Gasteiger partial charge in [0.1, 0.15) is 0 Å². The molecule has 2 fully saturated rings. The predicted octanol–water partition coefficient (Wildman–Crippen LogP) is 4.48. The zero-order chi connectivity index (χ0) is 35.6. The molecule has 2 amide bonds. The van der Waals surface area contributed by atoms with E-state index in [-0.39, 0.29) is 29.5 Å². The molecule has 264 valence electrons. The third-order valence-electron chi connectivity index (χ3n) is 9.43. The number of aryl methyl sites for hydroxylation is 1. The lowest BCUT2D eigenvalue weighted by atomic mass is 9.98. The molecular formula is C37H38Cl2N8O4. The number of nitrogens with zero attached hydrogens (tertiary/aromatic N) is 4. The highest BCUT2D eigenvalue weighted by Crippen LogP contribution is 2.42. The van der Waals surface area contributed by atoms with Crippen LogP contribution in [0.25, 0.3) is 39.3 Å². The van der Waals surface area contributed by atoms with Gasteiger partial charge in [0, 0.05) is 98.1 Å². The Labute approximate surface area is 304 Å². The number of hydrogen-bond acceptors (Lipinski definition) is 8. The molecule has 14 heteroatoms. The molecule has 5 aromatic rings. The third kappa shape index (κ3) is 7.22. The van der Waals surface area contributed by atoms with Gasteiger partial charge in [0.15, 0.2) is 5.65 Å². The van der Waals surface area contributed by atoms with Crippen molar-refractivity contribution in [1.82, 2.24) is 40.4 Å². The largest absolute Gasteiger partial charge is 0.481 e. The van der Waals surface area contributed by atoms with Crippen LogP contribution in [-0.2, 0) is 29.7 Å². The zero-order valence-electron chi connectivity index (χ0n) is 28.3. The molecule has 3 aromatic heterocycles. The number of carbonyl (C=O) groups is 2. The predicted molar refractivity (Wildman–Crippen MR) is 197 cm³/mol. The number of benzene rings is 2. The highest BCUT2D eigenvalue weighted by Gasteiger charge is 2.23. The Morgan fingerprint density at radius 1 is 0.804 bits per heavy atom.